The Kier molecular flexibility index (Phi) is 4.35. The first-order chi connectivity index (χ1) is 9.99. The van der Waals surface area contributed by atoms with Crippen molar-refractivity contribution in [3.8, 4) is 0 Å². The minimum atomic E-state index is 0.568. The number of hydrogen-bond acceptors (Lipinski definition) is 0. The zero-order chi connectivity index (χ0) is 15.0. The van der Waals surface area contributed by atoms with Crippen LogP contribution in [0.4, 0.5) is 0 Å². The molecule has 0 aromatic carbocycles. The quantitative estimate of drug-likeness (QED) is 0.514. The summed E-state index contributed by atoms with van der Waals surface area (Å²) in [5, 5.41) is 0. The molecule has 3 aliphatic rings. The maximum Gasteiger partial charge on any atom is -0.0134 e. The lowest BCUT2D eigenvalue weighted by Crippen LogP contribution is -2.40. The van der Waals surface area contributed by atoms with Crippen molar-refractivity contribution in [1.82, 2.24) is 0 Å². The van der Waals surface area contributed by atoms with Gasteiger partial charge in [0.1, 0.15) is 0 Å². The Bertz CT molecular complexity index is 435. The largest absolute Gasteiger partial charge is 0.0805 e. The minimum absolute atomic E-state index is 0.568. The molecular formula is C21H34. The zero-order valence-electron chi connectivity index (χ0n) is 14.6. The SMILES string of the molecule is CC(C)C1=CC[C@H]2C(=C1)CCC1[C@H]2CCCCCC1(C)C. The second-order valence-electron chi connectivity index (χ2n) is 8.82. The fraction of sp³-hybridized carbons (Fsp3) is 0.810. The molecule has 0 nitrogen and oxygen atoms in total. The first-order valence-electron chi connectivity index (χ1n) is 9.39. The van der Waals surface area contributed by atoms with Crippen LogP contribution in [0, 0.1) is 29.1 Å². The van der Waals surface area contributed by atoms with Gasteiger partial charge in [-0.3, -0.25) is 0 Å². The van der Waals surface area contributed by atoms with E-state index in [1.165, 1.54) is 51.4 Å². The van der Waals surface area contributed by atoms with Crippen molar-refractivity contribution in [2.24, 2.45) is 29.1 Å². The van der Waals surface area contributed by atoms with Gasteiger partial charge in [0, 0.05) is 0 Å². The van der Waals surface area contributed by atoms with Gasteiger partial charge < -0.3 is 0 Å². The van der Waals surface area contributed by atoms with E-state index in [1.54, 1.807) is 11.1 Å². The van der Waals surface area contributed by atoms with E-state index >= 15 is 0 Å². The Morgan fingerprint density at radius 1 is 1.10 bits per heavy atom. The van der Waals surface area contributed by atoms with E-state index in [4.69, 9.17) is 0 Å². The van der Waals surface area contributed by atoms with Crippen LogP contribution in [-0.2, 0) is 0 Å². The molecule has 0 heteroatoms. The van der Waals surface area contributed by atoms with E-state index in [-0.39, 0.29) is 0 Å². The number of fused-ring (bicyclic) bond motifs is 3. The van der Waals surface area contributed by atoms with Gasteiger partial charge in [0.15, 0.2) is 0 Å². The standard InChI is InChI=1S/C21H34/c1-15(2)16-9-11-18-17(14-16)10-12-20-19(18)8-6-5-7-13-21(20,3)4/h9,14-15,18-20H,5-8,10-13H2,1-4H3/t18-,19-,20?/m0/s1. The molecule has 0 amide bonds. The maximum atomic E-state index is 2.58. The first kappa shape index (κ1) is 15.4. The summed E-state index contributed by atoms with van der Waals surface area (Å²) in [4.78, 5) is 0. The van der Waals surface area contributed by atoms with E-state index in [0.717, 1.165) is 17.8 Å². The smallest absolute Gasteiger partial charge is 0.0134 e. The Morgan fingerprint density at radius 2 is 1.90 bits per heavy atom. The monoisotopic (exact) mass is 286 g/mol. The van der Waals surface area contributed by atoms with Crippen molar-refractivity contribution in [1.29, 1.82) is 0 Å². The predicted molar refractivity (Wildman–Crippen MR) is 92.2 cm³/mol. The second kappa shape index (κ2) is 5.94. The molecule has 0 spiro atoms. The van der Waals surface area contributed by atoms with E-state index in [2.05, 4.69) is 39.8 Å². The summed E-state index contributed by atoms with van der Waals surface area (Å²) in [5.41, 5.74) is 3.97. The van der Waals surface area contributed by atoms with Crippen LogP contribution in [0.3, 0.4) is 0 Å². The third-order valence-electron chi connectivity index (χ3n) is 6.74. The van der Waals surface area contributed by atoms with Gasteiger partial charge in [0.05, 0.1) is 0 Å². The van der Waals surface area contributed by atoms with Crippen molar-refractivity contribution in [2.45, 2.75) is 79.1 Å². The zero-order valence-corrected chi connectivity index (χ0v) is 14.6. The number of hydrogen-bond donors (Lipinski definition) is 0. The van der Waals surface area contributed by atoms with Crippen LogP contribution in [-0.4, -0.2) is 0 Å². The molecule has 0 heterocycles. The minimum Gasteiger partial charge on any atom is -0.0805 e. The predicted octanol–water partition coefficient (Wildman–Crippen LogP) is 6.53. The molecule has 0 saturated heterocycles. The van der Waals surface area contributed by atoms with Crippen LogP contribution in [0.2, 0.25) is 0 Å². The summed E-state index contributed by atoms with van der Waals surface area (Å²) in [5.74, 6) is 3.51. The summed E-state index contributed by atoms with van der Waals surface area (Å²) < 4.78 is 0. The van der Waals surface area contributed by atoms with Gasteiger partial charge >= 0.3 is 0 Å². The fourth-order valence-electron chi connectivity index (χ4n) is 5.42. The number of rotatable bonds is 1. The molecule has 0 radical (unpaired) electrons. The molecule has 3 atom stereocenters. The highest BCUT2D eigenvalue weighted by Crippen LogP contribution is 2.53. The second-order valence-corrected chi connectivity index (χ2v) is 8.82. The molecule has 2 saturated carbocycles. The molecule has 21 heavy (non-hydrogen) atoms. The van der Waals surface area contributed by atoms with Crippen LogP contribution >= 0.6 is 0 Å². The topological polar surface area (TPSA) is 0 Å². The lowest BCUT2D eigenvalue weighted by atomic mass is 9.56. The first-order valence-corrected chi connectivity index (χ1v) is 9.39. The Balaban J connectivity index is 1.84. The molecule has 118 valence electrons. The van der Waals surface area contributed by atoms with Crippen LogP contribution in [0.15, 0.2) is 23.3 Å². The Hall–Kier alpha value is -0.520. The average Bonchev–Trinajstić information content (AvgIpc) is 2.44. The lowest BCUT2D eigenvalue weighted by molar-refractivity contribution is 0.0489. The molecule has 3 aliphatic carbocycles. The average molecular weight is 287 g/mol. The molecule has 0 aliphatic heterocycles. The molecule has 0 N–H and O–H groups in total. The van der Waals surface area contributed by atoms with Gasteiger partial charge in [-0.05, 0) is 66.8 Å². The van der Waals surface area contributed by atoms with Gasteiger partial charge in [0.25, 0.3) is 0 Å². The van der Waals surface area contributed by atoms with E-state index in [1.807, 2.05) is 0 Å². The van der Waals surface area contributed by atoms with E-state index in [0.29, 0.717) is 11.3 Å². The molecule has 3 rings (SSSR count). The highest BCUT2D eigenvalue weighted by molar-refractivity contribution is 5.33. The van der Waals surface area contributed by atoms with Crippen molar-refractivity contribution in [3.63, 3.8) is 0 Å². The Morgan fingerprint density at radius 3 is 2.67 bits per heavy atom. The normalized spacial score (nSPS) is 36.0. The van der Waals surface area contributed by atoms with Crippen LogP contribution in [0.5, 0.6) is 0 Å². The molecule has 0 bridgehead atoms. The van der Waals surface area contributed by atoms with Gasteiger partial charge in [-0.2, -0.15) is 0 Å². The Labute approximate surface area is 132 Å². The maximum absolute atomic E-state index is 2.58. The van der Waals surface area contributed by atoms with Crippen LogP contribution < -0.4 is 0 Å². The van der Waals surface area contributed by atoms with Crippen molar-refractivity contribution in [3.05, 3.63) is 23.3 Å². The van der Waals surface area contributed by atoms with Crippen molar-refractivity contribution >= 4 is 0 Å². The van der Waals surface area contributed by atoms with Gasteiger partial charge in [-0.15, -0.1) is 0 Å². The van der Waals surface area contributed by atoms with E-state index < -0.39 is 0 Å². The highest BCUT2D eigenvalue weighted by Gasteiger charge is 2.43. The summed E-state index contributed by atoms with van der Waals surface area (Å²) in [7, 11) is 0. The lowest BCUT2D eigenvalue weighted by Gasteiger charge is -2.49. The third kappa shape index (κ3) is 3.01. The molecule has 1 unspecified atom stereocenters. The van der Waals surface area contributed by atoms with Crippen molar-refractivity contribution in [2.75, 3.05) is 0 Å². The third-order valence-corrected chi connectivity index (χ3v) is 6.74. The van der Waals surface area contributed by atoms with Gasteiger partial charge in [0.2, 0.25) is 0 Å². The van der Waals surface area contributed by atoms with Gasteiger partial charge in [-0.25, -0.2) is 0 Å². The molecule has 0 aromatic rings. The van der Waals surface area contributed by atoms with Crippen LogP contribution in [0.25, 0.3) is 0 Å². The summed E-state index contributed by atoms with van der Waals surface area (Å²) in [6.07, 6.45) is 16.6. The van der Waals surface area contributed by atoms with Crippen molar-refractivity contribution < 1.29 is 0 Å². The van der Waals surface area contributed by atoms with E-state index in [9.17, 15) is 0 Å². The van der Waals surface area contributed by atoms with Crippen LogP contribution in [0.1, 0.15) is 79.1 Å². The molecular weight excluding hydrogens is 252 g/mol. The number of allylic oxidation sites excluding steroid dienone is 4. The summed E-state index contributed by atoms with van der Waals surface area (Å²) >= 11 is 0. The highest BCUT2D eigenvalue weighted by atomic mass is 14.5. The summed E-state index contributed by atoms with van der Waals surface area (Å²) in [6.45, 7) is 9.80. The molecule has 2 fully saturated rings. The van der Waals surface area contributed by atoms with Gasteiger partial charge in [-0.1, -0.05) is 64.7 Å². The molecule has 0 aromatic heterocycles. The fourth-order valence-corrected chi connectivity index (χ4v) is 5.42. The summed E-state index contributed by atoms with van der Waals surface area (Å²) in [6, 6.07) is 0.